The molecule has 0 spiro atoms. The number of rotatable bonds is 5. The predicted molar refractivity (Wildman–Crippen MR) is 83.7 cm³/mol. The van der Waals surface area contributed by atoms with Gasteiger partial charge in [-0.15, -0.1) is 11.3 Å². The highest BCUT2D eigenvalue weighted by Gasteiger charge is 2.20. The van der Waals surface area contributed by atoms with Gasteiger partial charge in [-0.1, -0.05) is 36.4 Å². The van der Waals surface area contributed by atoms with E-state index in [4.69, 9.17) is 0 Å². The van der Waals surface area contributed by atoms with Crippen molar-refractivity contribution in [1.29, 1.82) is 0 Å². The summed E-state index contributed by atoms with van der Waals surface area (Å²) >= 11 is 3.22. The third-order valence-corrected chi connectivity index (χ3v) is 4.83. The molecule has 0 bridgehead atoms. The number of carbonyl (C=O) groups excluding carboxylic acids is 1. The van der Waals surface area contributed by atoms with Gasteiger partial charge in [0.15, 0.2) is 0 Å². The Morgan fingerprint density at radius 3 is 2.53 bits per heavy atom. The molecule has 0 radical (unpaired) electrons. The van der Waals surface area contributed by atoms with Gasteiger partial charge in [0.05, 0.1) is 11.3 Å². The smallest absolute Gasteiger partial charge is 0.233 e. The third kappa shape index (κ3) is 3.61. The van der Waals surface area contributed by atoms with Gasteiger partial charge in [-0.25, -0.2) is 0 Å². The highest BCUT2D eigenvalue weighted by Crippen LogP contribution is 2.26. The summed E-state index contributed by atoms with van der Waals surface area (Å²) in [5.74, 6) is 0.0785. The maximum atomic E-state index is 12.1. The van der Waals surface area contributed by atoms with Crippen LogP contribution in [0.1, 0.15) is 23.4 Å². The molecular formula is C15H17NOS2. The van der Waals surface area contributed by atoms with Crippen LogP contribution in [-0.4, -0.2) is 17.4 Å². The molecule has 2 aromatic rings. The molecule has 0 aliphatic carbocycles. The van der Waals surface area contributed by atoms with E-state index in [0.717, 1.165) is 10.4 Å². The fourth-order valence-corrected chi connectivity index (χ4v) is 2.87. The van der Waals surface area contributed by atoms with E-state index in [1.165, 1.54) is 0 Å². The number of amides is 1. The minimum Gasteiger partial charge on any atom is -0.343 e. The number of thioether (sulfide) groups is 1. The maximum Gasteiger partial charge on any atom is 0.233 e. The Hall–Kier alpha value is -1.26. The lowest BCUT2D eigenvalue weighted by atomic mass is 10.1. The Kier molecular flexibility index (Phi) is 5.05. The minimum atomic E-state index is -0.0525. The van der Waals surface area contributed by atoms with E-state index in [2.05, 4.69) is 23.5 Å². The molecule has 2 rings (SSSR count). The molecule has 2 atom stereocenters. The summed E-state index contributed by atoms with van der Waals surface area (Å²) in [4.78, 5) is 13.3. The number of hydrogen-bond donors (Lipinski definition) is 1. The number of thiophene rings is 1. The molecule has 1 amide bonds. The summed E-state index contributed by atoms with van der Waals surface area (Å²) in [5.41, 5.74) is 1.12. The molecular weight excluding hydrogens is 274 g/mol. The maximum absolute atomic E-state index is 12.1. The van der Waals surface area contributed by atoms with Gasteiger partial charge < -0.3 is 5.32 Å². The van der Waals surface area contributed by atoms with Crippen LogP contribution < -0.4 is 5.32 Å². The molecule has 1 aromatic heterocycles. The second-order valence-corrected chi connectivity index (χ2v) is 6.40. The second-order valence-electron chi connectivity index (χ2n) is 4.25. The highest BCUT2D eigenvalue weighted by atomic mass is 32.2. The van der Waals surface area contributed by atoms with E-state index < -0.39 is 0 Å². The number of hydrogen-bond acceptors (Lipinski definition) is 3. The lowest BCUT2D eigenvalue weighted by Gasteiger charge is -2.20. The van der Waals surface area contributed by atoms with E-state index in [1.54, 1.807) is 23.1 Å². The van der Waals surface area contributed by atoms with Gasteiger partial charge in [-0.2, -0.15) is 11.8 Å². The fourth-order valence-electron chi connectivity index (χ4n) is 1.79. The summed E-state index contributed by atoms with van der Waals surface area (Å²) in [6, 6.07) is 14.1. The zero-order valence-corrected chi connectivity index (χ0v) is 12.6. The highest BCUT2D eigenvalue weighted by molar-refractivity contribution is 7.99. The van der Waals surface area contributed by atoms with Crippen molar-refractivity contribution in [3.8, 4) is 0 Å². The first kappa shape index (κ1) is 14.2. The zero-order chi connectivity index (χ0) is 13.7. The van der Waals surface area contributed by atoms with Gasteiger partial charge in [0.2, 0.25) is 5.91 Å². The number of benzene rings is 1. The monoisotopic (exact) mass is 291 g/mol. The molecule has 2 nitrogen and oxygen atoms in total. The quantitative estimate of drug-likeness (QED) is 0.910. The molecule has 0 saturated heterocycles. The Balaban J connectivity index is 2.24. The van der Waals surface area contributed by atoms with Crippen molar-refractivity contribution < 1.29 is 4.79 Å². The SMILES string of the molecule is CS[C@@H](C)C(=O)N[C@@H](c1ccccc1)c1cccs1. The molecule has 100 valence electrons. The summed E-state index contributed by atoms with van der Waals surface area (Å²) in [7, 11) is 0. The minimum absolute atomic E-state index is 0.0359. The van der Waals surface area contributed by atoms with Crippen molar-refractivity contribution in [2.24, 2.45) is 0 Å². The van der Waals surface area contributed by atoms with Crippen LogP contribution in [0.2, 0.25) is 0 Å². The predicted octanol–water partition coefficient (Wildman–Crippen LogP) is 3.71. The molecule has 0 saturated carbocycles. The van der Waals surface area contributed by atoms with Crippen LogP contribution in [0, 0.1) is 0 Å². The Morgan fingerprint density at radius 1 is 1.21 bits per heavy atom. The van der Waals surface area contributed by atoms with Gasteiger partial charge in [0.1, 0.15) is 0 Å². The Bertz CT molecular complexity index is 510. The summed E-state index contributed by atoms with van der Waals surface area (Å²) in [5, 5.41) is 5.14. The summed E-state index contributed by atoms with van der Waals surface area (Å²) < 4.78 is 0. The van der Waals surface area contributed by atoms with Crippen LogP contribution >= 0.6 is 23.1 Å². The number of carbonyl (C=O) groups is 1. The van der Waals surface area contributed by atoms with Gasteiger partial charge in [0.25, 0.3) is 0 Å². The van der Waals surface area contributed by atoms with E-state index >= 15 is 0 Å². The van der Waals surface area contributed by atoms with Crippen LogP contribution in [0.15, 0.2) is 47.8 Å². The van der Waals surface area contributed by atoms with E-state index in [1.807, 2.05) is 42.8 Å². The molecule has 1 aromatic carbocycles. The molecule has 0 aliphatic heterocycles. The first-order chi connectivity index (χ1) is 9.22. The Labute approximate surface area is 122 Å². The first-order valence-corrected chi connectivity index (χ1v) is 8.30. The van der Waals surface area contributed by atoms with Crippen molar-refractivity contribution in [3.63, 3.8) is 0 Å². The van der Waals surface area contributed by atoms with Gasteiger partial charge in [-0.05, 0) is 30.2 Å². The van der Waals surface area contributed by atoms with E-state index in [0.29, 0.717) is 0 Å². The molecule has 4 heteroatoms. The van der Waals surface area contributed by atoms with Crippen LogP contribution in [-0.2, 0) is 4.79 Å². The number of nitrogens with one attached hydrogen (secondary N) is 1. The van der Waals surface area contributed by atoms with Crippen molar-refractivity contribution in [1.82, 2.24) is 5.32 Å². The summed E-state index contributed by atoms with van der Waals surface area (Å²) in [6.07, 6.45) is 1.95. The van der Waals surface area contributed by atoms with Gasteiger partial charge in [0, 0.05) is 4.88 Å². The second kappa shape index (κ2) is 6.78. The Morgan fingerprint density at radius 2 is 1.95 bits per heavy atom. The lowest BCUT2D eigenvalue weighted by Crippen LogP contribution is -2.34. The molecule has 0 aliphatic rings. The van der Waals surface area contributed by atoms with Crippen molar-refractivity contribution in [3.05, 3.63) is 58.3 Å². The summed E-state index contributed by atoms with van der Waals surface area (Å²) in [6.45, 7) is 1.93. The van der Waals surface area contributed by atoms with Crippen LogP contribution in [0.4, 0.5) is 0 Å². The lowest BCUT2D eigenvalue weighted by molar-refractivity contribution is -0.120. The normalized spacial score (nSPS) is 13.8. The topological polar surface area (TPSA) is 29.1 Å². The van der Waals surface area contributed by atoms with Crippen molar-refractivity contribution >= 4 is 29.0 Å². The first-order valence-electron chi connectivity index (χ1n) is 6.14. The largest absolute Gasteiger partial charge is 0.343 e. The third-order valence-electron chi connectivity index (χ3n) is 2.97. The molecule has 1 heterocycles. The van der Waals surface area contributed by atoms with Crippen molar-refractivity contribution in [2.45, 2.75) is 18.2 Å². The molecule has 0 unspecified atom stereocenters. The van der Waals surface area contributed by atoms with E-state index in [-0.39, 0.29) is 17.2 Å². The molecule has 0 fully saturated rings. The van der Waals surface area contributed by atoms with Crippen LogP contribution in [0.5, 0.6) is 0 Å². The van der Waals surface area contributed by atoms with Crippen LogP contribution in [0.25, 0.3) is 0 Å². The molecule has 19 heavy (non-hydrogen) atoms. The van der Waals surface area contributed by atoms with Gasteiger partial charge in [-0.3, -0.25) is 4.79 Å². The van der Waals surface area contributed by atoms with Crippen LogP contribution in [0.3, 0.4) is 0 Å². The average Bonchev–Trinajstić information content (AvgIpc) is 2.98. The fraction of sp³-hybridized carbons (Fsp3) is 0.267. The average molecular weight is 291 g/mol. The zero-order valence-electron chi connectivity index (χ0n) is 11.0. The molecule has 1 N–H and O–H groups in total. The van der Waals surface area contributed by atoms with Crippen molar-refractivity contribution in [2.75, 3.05) is 6.26 Å². The van der Waals surface area contributed by atoms with E-state index in [9.17, 15) is 4.79 Å². The standard InChI is InChI=1S/C15H17NOS2/c1-11(18-2)15(17)16-14(13-9-6-10-19-13)12-7-4-3-5-8-12/h3-11,14H,1-2H3,(H,16,17)/t11-,14-/m0/s1. The van der Waals surface area contributed by atoms with Gasteiger partial charge >= 0.3 is 0 Å².